The lowest BCUT2D eigenvalue weighted by molar-refractivity contribution is -0.117. The predicted octanol–water partition coefficient (Wildman–Crippen LogP) is 1.61. The highest BCUT2D eigenvalue weighted by Gasteiger charge is 2.08. The van der Waals surface area contributed by atoms with Gasteiger partial charge in [0.05, 0.1) is 5.69 Å². The molecule has 0 radical (unpaired) electrons. The number of hydrogen-bond donors (Lipinski definition) is 0. The van der Waals surface area contributed by atoms with E-state index in [-0.39, 0.29) is 18.2 Å². The first kappa shape index (κ1) is 13.3. The van der Waals surface area contributed by atoms with Crippen LogP contribution in [0.5, 0.6) is 0 Å². The van der Waals surface area contributed by atoms with Gasteiger partial charge in [-0.2, -0.15) is 4.68 Å². The van der Waals surface area contributed by atoms with Crippen molar-refractivity contribution in [1.29, 1.82) is 0 Å². The molecule has 0 unspecified atom stereocenters. The van der Waals surface area contributed by atoms with Crippen LogP contribution in [0.2, 0.25) is 0 Å². The summed E-state index contributed by atoms with van der Waals surface area (Å²) >= 11 is 0. The van der Waals surface area contributed by atoms with Gasteiger partial charge in [-0.3, -0.25) is 0 Å². The van der Waals surface area contributed by atoms with Crippen molar-refractivity contribution in [2.75, 3.05) is 0 Å². The summed E-state index contributed by atoms with van der Waals surface area (Å²) in [6.07, 6.45) is 1.03. The SMILES string of the molecule is CC(=O)CCc1nnnn1-c1ccccc1.Cl. The second-order valence-electron chi connectivity index (χ2n) is 3.54. The molecule has 1 aromatic carbocycles. The molecule has 0 bridgehead atoms. The highest BCUT2D eigenvalue weighted by molar-refractivity contribution is 5.85. The van der Waals surface area contributed by atoms with Crippen LogP contribution in [0.1, 0.15) is 19.2 Å². The topological polar surface area (TPSA) is 60.7 Å². The van der Waals surface area contributed by atoms with Gasteiger partial charge in [-0.25, -0.2) is 0 Å². The maximum Gasteiger partial charge on any atom is 0.157 e. The van der Waals surface area contributed by atoms with Gasteiger partial charge in [-0.15, -0.1) is 17.5 Å². The molecule has 0 spiro atoms. The van der Waals surface area contributed by atoms with Crippen LogP contribution >= 0.6 is 12.4 Å². The molecule has 1 aromatic heterocycles. The molecule has 0 atom stereocenters. The van der Waals surface area contributed by atoms with Crippen LogP contribution in [-0.2, 0) is 11.2 Å². The number of tetrazole rings is 1. The van der Waals surface area contributed by atoms with Crippen LogP contribution in [0.25, 0.3) is 5.69 Å². The fourth-order valence-corrected chi connectivity index (χ4v) is 1.42. The third kappa shape index (κ3) is 3.35. The number of carbonyl (C=O) groups is 1. The average Bonchev–Trinajstić information content (AvgIpc) is 2.75. The van der Waals surface area contributed by atoms with E-state index in [1.165, 1.54) is 0 Å². The zero-order valence-corrected chi connectivity index (χ0v) is 10.2. The molecule has 6 heteroatoms. The molecule has 0 amide bonds. The average molecular weight is 253 g/mol. The zero-order chi connectivity index (χ0) is 11.4. The van der Waals surface area contributed by atoms with Crippen molar-refractivity contribution in [2.45, 2.75) is 19.8 Å². The third-order valence-corrected chi connectivity index (χ3v) is 2.24. The number of ketones is 1. The van der Waals surface area contributed by atoms with Crippen LogP contribution < -0.4 is 0 Å². The Hall–Kier alpha value is -1.75. The number of carbonyl (C=O) groups excluding carboxylic acids is 1. The maximum atomic E-state index is 10.9. The number of benzene rings is 1. The number of Topliss-reactive ketones (excluding diaryl/α,β-unsaturated/α-hetero) is 1. The lowest BCUT2D eigenvalue weighted by Crippen LogP contribution is -2.05. The Morgan fingerprint density at radius 2 is 2.00 bits per heavy atom. The summed E-state index contributed by atoms with van der Waals surface area (Å²) in [6.45, 7) is 1.57. The fraction of sp³-hybridized carbons (Fsp3) is 0.273. The lowest BCUT2D eigenvalue weighted by atomic mass is 10.2. The van der Waals surface area contributed by atoms with Crippen molar-refractivity contribution >= 4 is 18.2 Å². The number of aromatic nitrogens is 4. The van der Waals surface area contributed by atoms with E-state index in [1.807, 2.05) is 30.3 Å². The van der Waals surface area contributed by atoms with Gasteiger partial charge >= 0.3 is 0 Å². The van der Waals surface area contributed by atoms with Gasteiger partial charge in [0.1, 0.15) is 5.78 Å². The smallest absolute Gasteiger partial charge is 0.157 e. The van der Waals surface area contributed by atoms with Crippen LogP contribution in [0.3, 0.4) is 0 Å². The monoisotopic (exact) mass is 252 g/mol. The van der Waals surface area contributed by atoms with E-state index < -0.39 is 0 Å². The molecule has 0 saturated carbocycles. The highest BCUT2D eigenvalue weighted by atomic mass is 35.5. The van der Waals surface area contributed by atoms with E-state index in [2.05, 4.69) is 15.5 Å². The van der Waals surface area contributed by atoms with Gasteiger partial charge in [0, 0.05) is 12.8 Å². The van der Waals surface area contributed by atoms with Crippen LogP contribution in [0, 0.1) is 0 Å². The number of rotatable bonds is 4. The molecular formula is C11H13ClN4O. The van der Waals surface area contributed by atoms with Crippen molar-refractivity contribution < 1.29 is 4.79 Å². The number of para-hydroxylation sites is 1. The Morgan fingerprint density at radius 3 is 2.65 bits per heavy atom. The molecular weight excluding hydrogens is 240 g/mol. The fourth-order valence-electron chi connectivity index (χ4n) is 1.42. The van der Waals surface area contributed by atoms with E-state index in [1.54, 1.807) is 11.6 Å². The molecule has 2 aromatic rings. The van der Waals surface area contributed by atoms with Gasteiger partial charge in [0.25, 0.3) is 0 Å². The molecule has 1 heterocycles. The third-order valence-electron chi connectivity index (χ3n) is 2.24. The summed E-state index contributed by atoms with van der Waals surface area (Å²) in [7, 11) is 0. The summed E-state index contributed by atoms with van der Waals surface area (Å²) < 4.78 is 1.66. The number of aryl methyl sites for hydroxylation is 1. The number of hydrogen-bond acceptors (Lipinski definition) is 4. The van der Waals surface area contributed by atoms with Crippen LogP contribution in [-0.4, -0.2) is 26.0 Å². The molecule has 2 rings (SSSR count). The Balaban J connectivity index is 0.00000144. The Labute approximate surface area is 105 Å². The molecule has 0 aliphatic carbocycles. The second-order valence-corrected chi connectivity index (χ2v) is 3.54. The van der Waals surface area contributed by atoms with Crippen molar-refractivity contribution in [2.24, 2.45) is 0 Å². The van der Waals surface area contributed by atoms with Gasteiger partial charge in [-0.1, -0.05) is 18.2 Å². The quantitative estimate of drug-likeness (QED) is 0.829. The summed E-state index contributed by atoms with van der Waals surface area (Å²) in [5.41, 5.74) is 0.908. The summed E-state index contributed by atoms with van der Waals surface area (Å²) in [4.78, 5) is 10.9. The summed E-state index contributed by atoms with van der Waals surface area (Å²) in [5, 5.41) is 11.5. The van der Waals surface area contributed by atoms with Gasteiger partial charge < -0.3 is 4.79 Å². The Morgan fingerprint density at radius 1 is 1.29 bits per heavy atom. The number of nitrogens with zero attached hydrogens (tertiary/aromatic N) is 4. The van der Waals surface area contributed by atoms with E-state index in [0.29, 0.717) is 18.7 Å². The molecule has 0 aliphatic rings. The molecule has 5 nitrogen and oxygen atoms in total. The predicted molar refractivity (Wildman–Crippen MR) is 65.4 cm³/mol. The number of halogens is 1. The molecule has 0 N–H and O–H groups in total. The minimum Gasteiger partial charge on any atom is -0.300 e. The van der Waals surface area contributed by atoms with Crippen molar-refractivity contribution in [3.05, 3.63) is 36.2 Å². The largest absolute Gasteiger partial charge is 0.300 e. The molecule has 0 fully saturated rings. The maximum absolute atomic E-state index is 10.9. The van der Waals surface area contributed by atoms with E-state index in [0.717, 1.165) is 5.69 Å². The standard InChI is InChI=1S/C11H12N4O.ClH/c1-9(16)7-8-11-12-13-14-15(11)10-5-3-2-4-6-10;/h2-6H,7-8H2,1H3;1H. The van der Waals surface area contributed by atoms with Gasteiger partial charge in [0.2, 0.25) is 0 Å². The van der Waals surface area contributed by atoms with Crippen LogP contribution in [0.4, 0.5) is 0 Å². The summed E-state index contributed by atoms with van der Waals surface area (Å²) in [5.74, 6) is 0.851. The zero-order valence-electron chi connectivity index (χ0n) is 9.41. The van der Waals surface area contributed by atoms with Gasteiger partial charge in [-0.05, 0) is 29.5 Å². The first-order valence-electron chi connectivity index (χ1n) is 5.09. The molecule has 0 aliphatic heterocycles. The second kappa shape index (κ2) is 6.10. The van der Waals surface area contributed by atoms with Crippen molar-refractivity contribution in [1.82, 2.24) is 20.2 Å². The minimum absolute atomic E-state index is 0. The molecule has 90 valence electrons. The Bertz CT molecular complexity index is 483. The normalized spacial score (nSPS) is 9.71. The molecule has 0 saturated heterocycles. The molecule has 17 heavy (non-hydrogen) atoms. The van der Waals surface area contributed by atoms with Crippen molar-refractivity contribution in [3.8, 4) is 5.69 Å². The van der Waals surface area contributed by atoms with E-state index in [9.17, 15) is 4.79 Å². The van der Waals surface area contributed by atoms with Crippen molar-refractivity contribution in [3.63, 3.8) is 0 Å². The van der Waals surface area contributed by atoms with E-state index in [4.69, 9.17) is 0 Å². The lowest BCUT2D eigenvalue weighted by Gasteiger charge is -2.02. The Kier molecular flexibility index (Phi) is 4.78. The highest BCUT2D eigenvalue weighted by Crippen LogP contribution is 2.08. The van der Waals surface area contributed by atoms with Gasteiger partial charge in [0.15, 0.2) is 5.82 Å². The summed E-state index contributed by atoms with van der Waals surface area (Å²) in [6, 6.07) is 9.63. The van der Waals surface area contributed by atoms with Crippen LogP contribution in [0.15, 0.2) is 30.3 Å². The first-order chi connectivity index (χ1) is 7.77. The minimum atomic E-state index is 0. The first-order valence-corrected chi connectivity index (χ1v) is 5.09. The van der Waals surface area contributed by atoms with E-state index >= 15 is 0 Å².